The molecule has 3 rings (SSSR count). The Morgan fingerprint density at radius 3 is 2.86 bits per heavy atom. The summed E-state index contributed by atoms with van der Waals surface area (Å²) in [7, 11) is 1.51. The van der Waals surface area contributed by atoms with Gasteiger partial charge in [0.25, 0.3) is 11.9 Å². The summed E-state index contributed by atoms with van der Waals surface area (Å²) in [5.74, 6) is 0.205. The van der Waals surface area contributed by atoms with Crippen LogP contribution in [0, 0.1) is 0 Å². The molecule has 9 heteroatoms. The SMILES string of the molecule is CCNC(=O)c1c(N[C@H]2CCC[C@H]2N)nc(OC)n1Cc1ccc(O)c(Cl)c1. The molecule has 2 aromatic rings. The zero-order valence-corrected chi connectivity index (χ0v) is 16.8. The monoisotopic (exact) mass is 407 g/mol. The average Bonchev–Trinajstić information content (AvgIpc) is 3.22. The number of nitrogens with two attached hydrogens (primary N) is 1. The number of aromatic hydroxyl groups is 1. The third kappa shape index (κ3) is 4.18. The number of halogens is 1. The number of phenols is 1. The molecule has 1 heterocycles. The molecule has 5 N–H and O–H groups in total. The molecular formula is C19H26ClN5O3. The molecule has 1 saturated carbocycles. The van der Waals surface area contributed by atoms with Gasteiger partial charge in [0.2, 0.25) is 0 Å². The minimum atomic E-state index is -0.253. The number of nitrogens with zero attached hydrogens (tertiary/aromatic N) is 2. The van der Waals surface area contributed by atoms with Gasteiger partial charge in [-0.2, -0.15) is 4.98 Å². The van der Waals surface area contributed by atoms with E-state index in [0.717, 1.165) is 24.8 Å². The van der Waals surface area contributed by atoms with Crippen molar-refractivity contribution in [2.24, 2.45) is 5.73 Å². The highest BCUT2D eigenvalue weighted by molar-refractivity contribution is 6.32. The van der Waals surface area contributed by atoms with Gasteiger partial charge >= 0.3 is 0 Å². The Morgan fingerprint density at radius 1 is 1.46 bits per heavy atom. The number of ether oxygens (including phenoxy) is 1. The van der Waals surface area contributed by atoms with Crippen LogP contribution >= 0.6 is 11.6 Å². The van der Waals surface area contributed by atoms with Crippen LogP contribution in [0.25, 0.3) is 0 Å². The van der Waals surface area contributed by atoms with Crippen molar-refractivity contribution in [1.82, 2.24) is 14.9 Å². The van der Waals surface area contributed by atoms with Gasteiger partial charge in [-0.15, -0.1) is 0 Å². The minimum Gasteiger partial charge on any atom is -0.506 e. The second-order valence-electron chi connectivity index (χ2n) is 6.87. The number of imidazole rings is 1. The normalized spacial score (nSPS) is 18.9. The third-order valence-corrected chi connectivity index (χ3v) is 5.21. The standard InChI is InChI=1S/C19H26ClN5O3/c1-3-22-18(27)16-17(23-14-6-4-5-13(14)21)24-19(28-2)25(16)10-11-7-8-15(26)12(20)9-11/h7-9,13-14,23,26H,3-6,10,21H2,1-2H3,(H,22,27)/t13-,14+/m1/s1. The lowest BCUT2D eigenvalue weighted by molar-refractivity contribution is 0.0946. The quantitative estimate of drug-likeness (QED) is 0.560. The Hall–Kier alpha value is -2.45. The van der Waals surface area contributed by atoms with Crippen LogP contribution in [0.5, 0.6) is 11.8 Å². The second-order valence-corrected chi connectivity index (χ2v) is 7.28. The fraction of sp³-hybridized carbons (Fsp3) is 0.474. The molecule has 152 valence electrons. The molecule has 1 aliphatic carbocycles. The zero-order valence-electron chi connectivity index (χ0n) is 16.0. The lowest BCUT2D eigenvalue weighted by Gasteiger charge is -2.18. The van der Waals surface area contributed by atoms with Crippen LogP contribution in [-0.4, -0.2) is 46.3 Å². The maximum absolute atomic E-state index is 12.8. The van der Waals surface area contributed by atoms with Gasteiger partial charge in [0.05, 0.1) is 18.7 Å². The number of amides is 1. The zero-order chi connectivity index (χ0) is 20.3. The topological polar surface area (TPSA) is 114 Å². The largest absolute Gasteiger partial charge is 0.506 e. The lowest BCUT2D eigenvalue weighted by atomic mass is 10.2. The van der Waals surface area contributed by atoms with E-state index in [1.807, 2.05) is 6.92 Å². The number of phenolic OH excluding ortho intramolecular Hbond substituents is 1. The van der Waals surface area contributed by atoms with Gasteiger partial charge in [-0.05, 0) is 43.9 Å². The van der Waals surface area contributed by atoms with Gasteiger partial charge in [0, 0.05) is 18.6 Å². The molecule has 2 atom stereocenters. The third-order valence-electron chi connectivity index (χ3n) is 4.91. The molecule has 0 saturated heterocycles. The Labute approximate surface area is 169 Å². The first-order chi connectivity index (χ1) is 13.4. The van der Waals surface area contributed by atoms with Gasteiger partial charge in [-0.3, -0.25) is 9.36 Å². The van der Waals surface area contributed by atoms with Crippen LogP contribution in [0.2, 0.25) is 5.02 Å². The Balaban J connectivity index is 2.00. The van der Waals surface area contributed by atoms with Crippen molar-refractivity contribution in [3.8, 4) is 11.8 Å². The summed E-state index contributed by atoms with van der Waals surface area (Å²) < 4.78 is 7.12. The number of carbonyl (C=O) groups is 1. The summed E-state index contributed by atoms with van der Waals surface area (Å²) in [5.41, 5.74) is 7.35. The highest BCUT2D eigenvalue weighted by Crippen LogP contribution is 2.29. The first-order valence-electron chi connectivity index (χ1n) is 9.36. The van der Waals surface area contributed by atoms with Crippen molar-refractivity contribution in [2.75, 3.05) is 19.0 Å². The molecule has 1 amide bonds. The fourth-order valence-corrected chi connectivity index (χ4v) is 3.69. The van der Waals surface area contributed by atoms with E-state index in [-0.39, 0.29) is 28.8 Å². The van der Waals surface area contributed by atoms with Crippen LogP contribution in [0.3, 0.4) is 0 Å². The molecule has 1 aromatic heterocycles. The number of anilines is 1. The first-order valence-corrected chi connectivity index (χ1v) is 9.74. The maximum Gasteiger partial charge on any atom is 0.299 e. The van der Waals surface area contributed by atoms with E-state index in [4.69, 9.17) is 22.1 Å². The van der Waals surface area contributed by atoms with E-state index in [1.54, 1.807) is 16.7 Å². The van der Waals surface area contributed by atoms with Gasteiger partial charge in [-0.25, -0.2) is 0 Å². The summed E-state index contributed by atoms with van der Waals surface area (Å²) in [5, 5.41) is 16.1. The predicted molar refractivity (Wildman–Crippen MR) is 108 cm³/mol. The molecule has 0 bridgehead atoms. The maximum atomic E-state index is 12.8. The van der Waals surface area contributed by atoms with Crippen molar-refractivity contribution in [2.45, 2.75) is 44.8 Å². The van der Waals surface area contributed by atoms with Crippen molar-refractivity contribution >= 4 is 23.3 Å². The minimum absolute atomic E-state index is 0.00420. The van der Waals surface area contributed by atoms with Crippen LogP contribution in [0.4, 0.5) is 5.82 Å². The number of hydrogen-bond donors (Lipinski definition) is 4. The number of benzene rings is 1. The molecule has 1 fully saturated rings. The van der Waals surface area contributed by atoms with Crippen LogP contribution < -0.4 is 21.1 Å². The van der Waals surface area contributed by atoms with E-state index in [1.165, 1.54) is 13.2 Å². The summed E-state index contributed by atoms with van der Waals surface area (Å²) in [6.45, 7) is 2.65. The molecule has 0 radical (unpaired) electrons. The number of methoxy groups -OCH3 is 1. The molecule has 1 aromatic carbocycles. The highest BCUT2D eigenvalue weighted by Gasteiger charge is 2.29. The van der Waals surface area contributed by atoms with Crippen molar-refractivity contribution in [3.63, 3.8) is 0 Å². The number of rotatable bonds is 7. The average molecular weight is 408 g/mol. The smallest absolute Gasteiger partial charge is 0.299 e. The highest BCUT2D eigenvalue weighted by atomic mass is 35.5. The first kappa shape index (κ1) is 20.3. The predicted octanol–water partition coefficient (Wildman–Crippen LogP) is 2.34. The van der Waals surface area contributed by atoms with E-state index in [9.17, 15) is 9.90 Å². The van der Waals surface area contributed by atoms with Gasteiger partial charge in [0.1, 0.15) is 5.75 Å². The van der Waals surface area contributed by atoms with Crippen molar-refractivity contribution in [1.29, 1.82) is 0 Å². The number of carbonyl (C=O) groups excluding carboxylic acids is 1. The summed E-state index contributed by atoms with van der Waals surface area (Å²) in [4.78, 5) is 17.3. The lowest BCUT2D eigenvalue weighted by Crippen LogP contribution is -2.36. The molecule has 28 heavy (non-hydrogen) atoms. The van der Waals surface area contributed by atoms with Gasteiger partial charge in [0.15, 0.2) is 11.5 Å². The summed E-state index contributed by atoms with van der Waals surface area (Å²) >= 11 is 6.03. The van der Waals surface area contributed by atoms with E-state index in [2.05, 4.69) is 15.6 Å². The summed E-state index contributed by atoms with van der Waals surface area (Å²) in [6, 6.07) is 5.29. The van der Waals surface area contributed by atoms with Crippen molar-refractivity contribution < 1.29 is 14.6 Å². The Morgan fingerprint density at radius 2 is 2.25 bits per heavy atom. The molecule has 0 spiro atoms. The molecule has 8 nitrogen and oxygen atoms in total. The van der Waals surface area contributed by atoms with E-state index in [0.29, 0.717) is 30.6 Å². The number of hydrogen-bond acceptors (Lipinski definition) is 6. The van der Waals surface area contributed by atoms with Gasteiger partial charge in [-0.1, -0.05) is 17.7 Å². The second kappa shape index (κ2) is 8.70. The molecular weight excluding hydrogens is 382 g/mol. The van der Waals surface area contributed by atoms with Gasteiger partial charge < -0.3 is 26.2 Å². The molecule has 0 unspecified atom stereocenters. The molecule has 1 aliphatic rings. The van der Waals surface area contributed by atoms with Crippen LogP contribution in [0.15, 0.2) is 18.2 Å². The Bertz CT molecular complexity index is 854. The van der Waals surface area contributed by atoms with E-state index < -0.39 is 0 Å². The van der Waals surface area contributed by atoms with Crippen molar-refractivity contribution in [3.05, 3.63) is 34.5 Å². The van der Waals surface area contributed by atoms with E-state index >= 15 is 0 Å². The summed E-state index contributed by atoms with van der Waals surface area (Å²) in [6.07, 6.45) is 2.91. The Kier molecular flexibility index (Phi) is 6.31. The fourth-order valence-electron chi connectivity index (χ4n) is 3.48. The van der Waals surface area contributed by atoms with Crippen LogP contribution in [0.1, 0.15) is 42.2 Å². The number of aromatic nitrogens is 2. The molecule has 0 aliphatic heterocycles. The number of nitrogens with one attached hydrogen (secondary N) is 2. The van der Waals surface area contributed by atoms with Crippen LogP contribution in [-0.2, 0) is 6.54 Å².